The van der Waals surface area contributed by atoms with Gasteiger partial charge in [0.15, 0.2) is 0 Å². The summed E-state index contributed by atoms with van der Waals surface area (Å²) in [6.45, 7) is 5.20. The molecule has 2 atom stereocenters. The molecule has 2 bridgehead atoms. The fourth-order valence-corrected chi connectivity index (χ4v) is 4.73. The number of fused-ring (bicyclic) bond motifs is 3. The predicted octanol–water partition coefficient (Wildman–Crippen LogP) is 1.77. The summed E-state index contributed by atoms with van der Waals surface area (Å²) >= 11 is 0. The molecule has 1 saturated carbocycles. The third-order valence-electron chi connectivity index (χ3n) is 6.23. The molecule has 1 aromatic rings. The van der Waals surface area contributed by atoms with E-state index in [4.69, 9.17) is 15.2 Å². The molecule has 5 nitrogen and oxygen atoms in total. The van der Waals surface area contributed by atoms with Gasteiger partial charge in [-0.2, -0.15) is 0 Å². The Labute approximate surface area is 149 Å². The molecular weight excluding hydrogens is 316 g/mol. The molecular formula is C20H28N2O3. The highest BCUT2D eigenvalue weighted by Gasteiger charge is 2.46. The van der Waals surface area contributed by atoms with Crippen molar-refractivity contribution in [2.45, 2.75) is 32.1 Å². The van der Waals surface area contributed by atoms with Crippen molar-refractivity contribution >= 4 is 5.91 Å². The Morgan fingerprint density at radius 2 is 2.16 bits per heavy atom. The summed E-state index contributed by atoms with van der Waals surface area (Å²) in [7, 11) is 0. The minimum atomic E-state index is -0.331. The van der Waals surface area contributed by atoms with E-state index < -0.39 is 0 Å². The molecule has 136 valence electrons. The third-order valence-corrected chi connectivity index (χ3v) is 6.23. The highest BCUT2D eigenvalue weighted by atomic mass is 16.5. The molecule has 0 radical (unpaired) electrons. The van der Waals surface area contributed by atoms with Gasteiger partial charge in [0.25, 0.3) is 0 Å². The highest BCUT2D eigenvalue weighted by Crippen LogP contribution is 2.48. The quantitative estimate of drug-likeness (QED) is 0.884. The minimum absolute atomic E-state index is 0.124. The van der Waals surface area contributed by atoms with Crippen molar-refractivity contribution in [1.29, 1.82) is 0 Å². The number of nitrogens with zero attached hydrogens (tertiary/aromatic N) is 1. The lowest BCUT2D eigenvalue weighted by molar-refractivity contribution is -0.127. The Morgan fingerprint density at radius 1 is 1.32 bits per heavy atom. The van der Waals surface area contributed by atoms with Gasteiger partial charge in [-0.3, -0.25) is 9.69 Å². The standard InChI is InChI=1S/C20H28N2O3/c21-19(23)20-4-3-15(13-20)11-16-1-2-18(12-17(16)14-20)25-10-7-22-5-8-24-9-6-22/h1-2,12,15H,3-11,13-14H2,(H2,21,23). The molecule has 5 heteroatoms. The number of primary amides is 1. The van der Waals surface area contributed by atoms with Gasteiger partial charge >= 0.3 is 0 Å². The fourth-order valence-electron chi connectivity index (χ4n) is 4.73. The number of nitrogens with two attached hydrogens (primary N) is 1. The first-order chi connectivity index (χ1) is 12.1. The highest BCUT2D eigenvalue weighted by molar-refractivity contribution is 5.81. The monoisotopic (exact) mass is 344 g/mol. The number of amides is 1. The summed E-state index contributed by atoms with van der Waals surface area (Å²) in [6, 6.07) is 6.41. The second-order valence-electron chi connectivity index (χ2n) is 7.87. The van der Waals surface area contributed by atoms with Crippen LogP contribution in [-0.2, 0) is 22.4 Å². The van der Waals surface area contributed by atoms with E-state index in [1.165, 1.54) is 11.1 Å². The maximum atomic E-state index is 12.1. The first-order valence-corrected chi connectivity index (χ1v) is 9.49. The van der Waals surface area contributed by atoms with Crippen molar-refractivity contribution in [3.05, 3.63) is 29.3 Å². The number of carbonyl (C=O) groups excluding carboxylic acids is 1. The summed E-state index contributed by atoms with van der Waals surface area (Å²) in [5, 5.41) is 0. The van der Waals surface area contributed by atoms with E-state index in [0.29, 0.717) is 12.5 Å². The lowest BCUT2D eigenvalue weighted by Gasteiger charge is -2.27. The number of rotatable bonds is 5. The molecule has 4 rings (SSSR count). The van der Waals surface area contributed by atoms with Crippen LogP contribution in [0.4, 0.5) is 0 Å². The van der Waals surface area contributed by atoms with Gasteiger partial charge in [0.1, 0.15) is 12.4 Å². The predicted molar refractivity (Wildman–Crippen MR) is 95.6 cm³/mol. The average molecular weight is 344 g/mol. The maximum Gasteiger partial charge on any atom is 0.223 e. The van der Waals surface area contributed by atoms with Gasteiger partial charge in [-0.05, 0) is 61.3 Å². The number of benzene rings is 1. The summed E-state index contributed by atoms with van der Waals surface area (Å²) in [4.78, 5) is 14.5. The van der Waals surface area contributed by atoms with Crippen molar-refractivity contribution in [1.82, 2.24) is 4.90 Å². The molecule has 1 saturated heterocycles. The van der Waals surface area contributed by atoms with Gasteiger partial charge in [-0.1, -0.05) is 6.07 Å². The second kappa shape index (κ2) is 6.96. The number of hydrogen-bond donors (Lipinski definition) is 1. The van der Waals surface area contributed by atoms with Crippen LogP contribution in [0.15, 0.2) is 18.2 Å². The minimum Gasteiger partial charge on any atom is -0.492 e. The lowest BCUT2D eigenvalue weighted by atomic mass is 9.79. The van der Waals surface area contributed by atoms with Crippen LogP contribution in [0.1, 0.15) is 30.4 Å². The molecule has 0 aromatic heterocycles. The van der Waals surface area contributed by atoms with E-state index in [-0.39, 0.29) is 11.3 Å². The zero-order valence-electron chi connectivity index (χ0n) is 14.8. The van der Waals surface area contributed by atoms with Gasteiger partial charge in [-0.25, -0.2) is 0 Å². The van der Waals surface area contributed by atoms with Gasteiger partial charge in [-0.15, -0.1) is 0 Å². The molecule has 2 aliphatic carbocycles. The Morgan fingerprint density at radius 3 is 2.96 bits per heavy atom. The molecule has 1 amide bonds. The molecule has 2 N–H and O–H groups in total. The van der Waals surface area contributed by atoms with Crippen molar-refractivity contribution in [2.24, 2.45) is 17.1 Å². The number of ether oxygens (including phenoxy) is 2. The zero-order valence-corrected chi connectivity index (χ0v) is 14.8. The van der Waals surface area contributed by atoms with E-state index in [0.717, 1.165) is 70.7 Å². The number of morpholine rings is 1. The normalized spacial score (nSPS) is 29.0. The summed E-state index contributed by atoms with van der Waals surface area (Å²) < 4.78 is 11.4. The van der Waals surface area contributed by atoms with Crippen molar-refractivity contribution in [3.63, 3.8) is 0 Å². The third kappa shape index (κ3) is 3.53. The van der Waals surface area contributed by atoms with Gasteiger partial charge < -0.3 is 15.2 Å². The summed E-state index contributed by atoms with van der Waals surface area (Å²) in [5.41, 5.74) is 8.07. The summed E-state index contributed by atoms with van der Waals surface area (Å²) in [5.74, 6) is 1.38. The molecule has 3 aliphatic rings. The maximum absolute atomic E-state index is 12.1. The van der Waals surface area contributed by atoms with Crippen LogP contribution in [0.25, 0.3) is 0 Å². The van der Waals surface area contributed by atoms with Crippen LogP contribution in [-0.4, -0.2) is 50.3 Å². The molecule has 1 aromatic carbocycles. The largest absolute Gasteiger partial charge is 0.492 e. The van der Waals surface area contributed by atoms with Crippen molar-refractivity contribution < 1.29 is 14.3 Å². The second-order valence-corrected chi connectivity index (χ2v) is 7.87. The van der Waals surface area contributed by atoms with Crippen LogP contribution in [0.2, 0.25) is 0 Å². The van der Waals surface area contributed by atoms with E-state index >= 15 is 0 Å². The fraction of sp³-hybridized carbons (Fsp3) is 0.650. The van der Waals surface area contributed by atoms with E-state index in [2.05, 4.69) is 23.1 Å². The van der Waals surface area contributed by atoms with E-state index in [9.17, 15) is 4.79 Å². The molecule has 25 heavy (non-hydrogen) atoms. The molecule has 2 unspecified atom stereocenters. The first kappa shape index (κ1) is 16.9. The van der Waals surface area contributed by atoms with Crippen LogP contribution in [0, 0.1) is 11.3 Å². The first-order valence-electron chi connectivity index (χ1n) is 9.49. The Hall–Kier alpha value is -1.59. The van der Waals surface area contributed by atoms with Crippen molar-refractivity contribution in [3.8, 4) is 5.75 Å². The van der Waals surface area contributed by atoms with Gasteiger partial charge in [0.05, 0.1) is 18.6 Å². The van der Waals surface area contributed by atoms with Crippen molar-refractivity contribution in [2.75, 3.05) is 39.5 Å². The molecule has 2 fully saturated rings. The van der Waals surface area contributed by atoms with Crippen LogP contribution < -0.4 is 10.5 Å². The Balaban J connectivity index is 1.43. The van der Waals surface area contributed by atoms with E-state index in [1.54, 1.807) is 0 Å². The van der Waals surface area contributed by atoms with Crippen LogP contribution in [0.5, 0.6) is 5.75 Å². The zero-order chi connectivity index (χ0) is 17.3. The molecule has 0 spiro atoms. The Bertz CT molecular complexity index is 642. The van der Waals surface area contributed by atoms with Crippen LogP contribution in [0.3, 0.4) is 0 Å². The van der Waals surface area contributed by atoms with E-state index in [1.807, 2.05) is 0 Å². The SMILES string of the molecule is NC(=O)C12CCC(Cc3ccc(OCCN4CCOCC4)cc3C1)C2. The topological polar surface area (TPSA) is 64.8 Å². The molecule has 1 aliphatic heterocycles. The molecule has 1 heterocycles. The lowest BCUT2D eigenvalue weighted by Crippen LogP contribution is -2.38. The Kier molecular flexibility index (Phi) is 4.69. The van der Waals surface area contributed by atoms with Gasteiger partial charge in [0, 0.05) is 19.6 Å². The average Bonchev–Trinajstić information content (AvgIpc) is 2.93. The number of hydrogen-bond acceptors (Lipinski definition) is 4. The summed E-state index contributed by atoms with van der Waals surface area (Å²) in [6.07, 6.45) is 4.85. The number of carbonyl (C=O) groups is 1. The smallest absolute Gasteiger partial charge is 0.223 e. The van der Waals surface area contributed by atoms with Gasteiger partial charge in [0.2, 0.25) is 5.91 Å². The van der Waals surface area contributed by atoms with Crippen LogP contribution >= 0.6 is 0 Å².